The van der Waals surface area contributed by atoms with Gasteiger partial charge in [0.2, 0.25) is 0 Å². The lowest BCUT2D eigenvalue weighted by Gasteiger charge is -2.11. The van der Waals surface area contributed by atoms with Crippen LogP contribution in [-0.2, 0) is 0 Å². The van der Waals surface area contributed by atoms with E-state index >= 15 is 0 Å². The van der Waals surface area contributed by atoms with Crippen molar-refractivity contribution in [1.29, 1.82) is 0 Å². The topological polar surface area (TPSA) is 68.5 Å². The molecule has 1 aromatic carbocycles. The molecule has 0 aliphatic carbocycles. The second kappa shape index (κ2) is 5.24. The van der Waals surface area contributed by atoms with Crippen LogP contribution < -0.4 is 5.32 Å². The maximum absolute atomic E-state index is 4.39. The summed E-state index contributed by atoms with van der Waals surface area (Å²) in [5, 5.41) is 20.6. The highest BCUT2D eigenvalue weighted by atomic mass is 15.4. The normalized spacial score (nSPS) is 12.5. The van der Waals surface area contributed by atoms with Crippen LogP contribution in [0.2, 0.25) is 0 Å². The molecule has 0 amide bonds. The average Bonchev–Trinajstić information content (AvgIpc) is 2.93. The van der Waals surface area contributed by atoms with Crippen molar-refractivity contribution in [2.45, 2.75) is 26.3 Å². The molecule has 2 aromatic heterocycles. The monoisotopic (exact) mass is 268 g/mol. The second-order valence-electron chi connectivity index (χ2n) is 4.72. The predicted octanol–water partition coefficient (Wildman–Crippen LogP) is 2.42. The lowest BCUT2D eigenvalue weighted by molar-refractivity contribution is 0.750. The summed E-state index contributed by atoms with van der Waals surface area (Å²) in [6.07, 6.45) is 2.78. The van der Waals surface area contributed by atoms with Crippen LogP contribution in [0, 0.1) is 0 Å². The van der Waals surface area contributed by atoms with Crippen LogP contribution in [0.4, 0.5) is 5.82 Å². The van der Waals surface area contributed by atoms with Gasteiger partial charge in [0, 0.05) is 6.04 Å². The number of aromatic nitrogens is 5. The molecule has 0 fully saturated rings. The van der Waals surface area contributed by atoms with Crippen molar-refractivity contribution >= 4 is 16.9 Å². The highest BCUT2D eigenvalue weighted by Gasteiger charge is 2.12. The Morgan fingerprint density at radius 2 is 2.00 bits per heavy atom. The van der Waals surface area contributed by atoms with Crippen molar-refractivity contribution in [1.82, 2.24) is 25.2 Å². The third-order valence-corrected chi connectivity index (χ3v) is 3.28. The van der Waals surface area contributed by atoms with Crippen molar-refractivity contribution < 1.29 is 0 Å². The molecule has 1 atom stereocenters. The molecule has 0 bridgehead atoms. The van der Waals surface area contributed by atoms with E-state index in [2.05, 4.69) is 39.7 Å². The lowest BCUT2D eigenvalue weighted by Crippen LogP contribution is -2.15. The SMILES string of the molecule is CC[C@@H](C)Nc1nnnc2c1cnn2-c1ccccc1. The van der Waals surface area contributed by atoms with Crippen LogP contribution in [-0.4, -0.2) is 31.2 Å². The summed E-state index contributed by atoms with van der Waals surface area (Å²) in [5.74, 6) is 0.728. The second-order valence-corrected chi connectivity index (χ2v) is 4.72. The maximum Gasteiger partial charge on any atom is 0.190 e. The van der Waals surface area contributed by atoms with E-state index < -0.39 is 0 Å². The van der Waals surface area contributed by atoms with Crippen molar-refractivity contribution in [3.05, 3.63) is 36.5 Å². The molecule has 0 aliphatic rings. The summed E-state index contributed by atoms with van der Waals surface area (Å²) in [6.45, 7) is 4.23. The molecule has 0 saturated heterocycles. The molecule has 20 heavy (non-hydrogen) atoms. The van der Waals surface area contributed by atoms with E-state index in [1.807, 2.05) is 30.3 Å². The quantitative estimate of drug-likeness (QED) is 0.787. The molecule has 3 aromatic rings. The highest BCUT2D eigenvalue weighted by molar-refractivity contribution is 5.86. The summed E-state index contributed by atoms with van der Waals surface area (Å²) in [4.78, 5) is 0. The number of nitrogens with one attached hydrogen (secondary N) is 1. The van der Waals surface area contributed by atoms with Gasteiger partial charge in [0.05, 0.1) is 17.3 Å². The fraction of sp³-hybridized carbons (Fsp3) is 0.286. The van der Waals surface area contributed by atoms with Crippen LogP contribution in [0.25, 0.3) is 16.7 Å². The fourth-order valence-corrected chi connectivity index (χ4v) is 1.97. The van der Waals surface area contributed by atoms with E-state index in [1.165, 1.54) is 0 Å². The average molecular weight is 268 g/mol. The molecule has 0 radical (unpaired) electrons. The Morgan fingerprint density at radius 1 is 1.20 bits per heavy atom. The first kappa shape index (κ1) is 12.5. The Balaban J connectivity index is 2.08. The number of rotatable bonds is 4. The van der Waals surface area contributed by atoms with Gasteiger partial charge in [-0.15, -0.1) is 10.2 Å². The van der Waals surface area contributed by atoms with E-state index in [0.717, 1.165) is 23.3 Å². The number of hydrogen-bond acceptors (Lipinski definition) is 5. The Bertz CT molecular complexity index is 706. The molecule has 0 saturated carbocycles. The highest BCUT2D eigenvalue weighted by Crippen LogP contribution is 2.21. The van der Waals surface area contributed by atoms with E-state index in [1.54, 1.807) is 10.9 Å². The lowest BCUT2D eigenvalue weighted by atomic mass is 10.2. The van der Waals surface area contributed by atoms with Gasteiger partial charge in [0.1, 0.15) is 0 Å². The molecule has 1 N–H and O–H groups in total. The minimum absolute atomic E-state index is 0.329. The molecule has 6 heteroatoms. The molecule has 0 unspecified atom stereocenters. The summed E-state index contributed by atoms with van der Waals surface area (Å²) in [5.41, 5.74) is 1.66. The summed E-state index contributed by atoms with van der Waals surface area (Å²) in [6, 6.07) is 10.2. The predicted molar refractivity (Wildman–Crippen MR) is 77.8 cm³/mol. The van der Waals surface area contributed by atoms with Gasteiger partial charge in [-0.1, -0.05) is 25.1 Å². The van der Waals surface area contributed by atoms with Crippen LogP contribution in [0.3, 0.4) is 0 Å². The number of nitrogens with zero attached hydrogens (tertiary/aromatic N) is 5. The molecular weight excluding hydrogens is 252 g/mol. The molecule has 6 nitrogen and oxygen atoms in total. The molecule has 3 rings (SSSR count). The van der Waals surface area contributed by atoms with Gasteiger partial charge < -0.3 is 5.32 Å². The van der Waals surface area contributed by atoms with E-state index in [-0.39, 0.29) is 0 Å². The zero-order chi connectivity index (χ0) is 13.9. The zero-order valence-electron chi connectivity index (χ0n) is 11.5. The van der Waals surface area contributed by atoms with E-state index in [9.17, 15) is 0 Å². The number of anilines is 1. The third-order valence-electron chi connectivity index (χ3n) is 3.28. The Morgan fingerprint density at radius 3 is 2.75 bits per heavy atom. The van der Waals surface area contributed by atoms with Crippen molar-refractivity contribution in [3.8, 4) is 5.69 Å². The van der Waals surface area contributed by atoms with Gasteiger partial charge in [-0.05, 0) is 30.7 Å². The molecule has 0 spiro atoms. The minimum Gasteiger partial charge on any atom is -0.365 e. The summed E-state index contributed by atoms with van der Waals surface area (Å²) >= 11 is 0. The van der Waals surface area contributed by atoms with E-state index in [0.29, 0.717) is 11.7 Å². The summed E-state index contributed by atoms with van der Waals surface area (Å²) < 4.78 is 1.77. The first-order chi connectivity index (χ1) is 9.79. The van der Waals surface area contributed by atoms with Gasteiger partial charge in [-0.2, -0.15) is 5.10 Å². The van der Waals surface area contributed by atoms with Gasteiger partial charge in [-0.25, -0.2) is 4.68 Å². The van der Waals surface area contributed by atoms with Crippen LogP contribution in [0.5, 0.6) is 0 Å². The number of benzene rings is 1. The van der Waals surface area contributed by atoms with Crippen molar-refractivity contribution in [2.24, 2.45) is 0 Å². The number of para-hydroxylation sites is 1. The molecule has 0 aliphatic heterocycles. The fourth-order valence-electron chi connectivity index (χ4n) is 1.97. The molecule has 102 valence electrons. The van der Waals surface area contributed by atoms with E-state index in [4.69, 9.17) is 0 Å². The standard InChI is InChI=1S/C14H16N6/c1-3-10(2)16-13-12-9-15-20(14(12)18-19-17-13)11-7-5-4-6-8-11/h4-10H,3H2,1-2H3,(H,16,17,18)/t10-/m1/s1. The largest absolute Gasteiger partial charge is 0.365 e. The smallest absolute Gasteiger partial charge is 0.190 e. The van der Waals surface area contributed by atoms with Crippen molar-refractivity contribution in [2.75, 3.05) is 5.32 Å². The van der Waals surface area contributed by atoms with Gasteiger partial charge >= 0.3 is 0 Å². The molecule has 2 heterocycles. The van der Waals surface area contributed by atoms with Gasteiger partial charge in [-0.3, -0.25) is 0 Å². The summed E-state index contributed by atoms with van der Waals surface area (Å²) in [7, 11) is 0. The first-order valence-electron chi connectivity index (χ1n) is 6.68. The minimum atomic E-state index is 0.329. The van der Waals surface area contributed by atoms with Crippen LogP contribution in [0.1, 0.15) is 20.3 Å². The molecular formula is C14H16N6. The Hall–Kier alpha value is -2.50. The number of fused-ring (bicyclic) bond motifs is 1. The van der Waals surface area contributed by atoms with Crippen LogP contribution >= 0.6 is 0 Å². The van der Waals surface area contributed by atoms with Crippen LogP contribution in [0.15, 0.2) is 36.5 Å². The third kappa shape index (κ3) is 2.20. The van der Waals surface area contributed by atoms with Gasteiger partial charge in [0.25, 0.3) is 0 Å². The van der Waals surface area contributed by atoms with Crippen molar-refractivity contribution in [3.63, 3.8) is 0 Å². The number of hydrogen-bond donors (Lipinski definition) is 1. The first-order valence-corrected chi connectivity index (χ1v) is 6.68. The zero-order valence-corrected chi connectivity index (χ0v) is 11.5. The van der Waals surface area contributed by atoms with Gasteiger partial charge in [0.15, 0.2) is 11.5 Å². The Kier molecular flexibility index (Phi) is 3.28. The Labute approximate surface area is 116 Å². The maximum atomic E-state index is 4.39.